The Morgan fingerprint density at radius 1 is 1.00 bits per heavy atom. The summed E-state index contributed by atoms with van der Waals surface area (Å²) in [5.41, 5.74) is 1.55. The van der Waals surface area contributed by atoms with Gasteiger partial charge in [-0.2, -0.15) is 0 Å². The molecule has 5 heterocycles. The van der Waals surface area contributed by atoms with Gasteiger partial charge in [0.2, 0.25) is 0 Å². The molecule has 3 aromatic heterocycles. The fraction of sp³-hybridized carbons (Fsp3) is 0.471. The van der Waals surface area contributed by atoms with Gasteiger partial charge in [0.1, 0.15) is 23.0 Å². The lowest BCUT2D eigenvalue weighted by molar-refractivity contribution is 0.471. The average Bonchev–Trinajstić information content (AvgIpc) is 3.25. The van der Waals surface area contributed by atoms with Crippen molar-refractivity contribution in [3.63, 3.8) is 0 Å². The smallest absolute Gasteiger partial charge is 0.180 e. The minimum absolute atomic E-state index is 0.428. The summed E-state index contributed by atoms with van der Waals surface area (Å²) in [4.78, 5) is 15.7. The van der Waals surface area contributed by atoms with E-state index in [1.165, 1.54) is 12.8 Å². The minimum Gasteiger partial charge on any atom is -0.356 e. The number of pyridine rings is 1. The first-order chi connectivity index (χ1) is 11.9. The Labute approximate surface area is 139 Å². The molecule has 2 aliphatic heterocycles. The summed E-state index contributed by atoms with van der Waals surface area (Å²) < 4.78 is 2.33. The van der Waals surface area contributed by atoms with Gasteiger partial charge in [-0.05, 0) is 31.4 Å². The van der Waals surface area contributed by atoms with Crippen LogP contribution in [-0.2, 0) is 13.0 Å². The zero-order valence-electron chi connectivity index (χ0n) is 13.5. The van der Waals surface area contributed by atoms with Crippen LogP contribution >= 0.6 is 0 Å². The summed E-state index contributed by atoms with van der Waals surface area (Å²) in [6, 6.07) is 4.05. The molecule has 122 valence electrons. The van der Waals surface area contributed by atoms with Crippen molar-refractivity contribution in [1.82, 2.24) is 29.7 Å². The molecular formula is C17H19N7. The van der Waals surface area contributed by atoms with Gasteiger partial charge in [-0.3, -0.25) is 4.98 Å². The van der Waals surface area contributed by atoms with E-state index < -0.39 is 0 Å². The molecule has 0 aromatic carbocycles. The van der Waals surface area contributed by atoms with Crippen LogP contribution in [0.1, 0.15) is 36.8 Å². The Morgan fingerprint density at radius 3 is 2.96 bits per heavy atom. The highest BCUT2D eigenvalue weighted by molar-refractivity contribution is 5.71. The zero-order valence-corrected chi connectivity index (χ0v) is 13.5. The number of hydrogen-bond acceptors (Lipinski definition) is 6. The lowest BCUT2D eigenvalue weighted by Crippen LogP contribution is -2.36. The Bertz CT molecular complexity index is 888. The van der Waals surface area contributed by atoms with Crippen LogP contribution in [0.15, 0.2) is 24.5 Å². The van der Waals surface area contributed by atoms with Crippen LogP contribution < -0.4 is 4.90 Å². The summed E-state index contributed by atoms with van der Waals surface area (Å²) in [5.74, 6) is 3.72. The molecule has 24 heavy (non-hydrogen) atoms. The van der Waals surface area contributed by atoms with Crippen LogP contribution in [0.25, 0.3) is 11.2 Å². The van der Waals surface area contributed by atoms with Crippen molar-refractivity contribution < 1.29 is 0 Å². The van der Waals surface area contributed by atoms with Gasteiger partial charge in [0.05, 0.1) is 0 Å². The van der Waals surface area contributed by atoms with Gasteiger partial charge in [0.25, 0.3) is 0 Å². The summed E-state index contributed by atoms with van der Waals surface area (Å²) in [7, 11) is 0. The Balaban J connectivity index is 1.43. The fourth-order valence-electron chi connectivity index (χ4n) is 3.89. The first-order valence-electron chi connectivity index (χ1n) is 8.63. The van der Waals surface area contributed by atoms with E-state index in [0.717, 1.165) is 55.5 Å². The monoisotopic (exact) mass is 321 g/mol. The molecule has 1 fully saturated rings. The molecule has 0 N–H and O–H groups in total. The Kier molecular flexibility index (Phi) is 3.17. The first kappa shape index (κ1) is 13.8. The normalized spacial score (nSPS) is 20.5. The lowest BCUT2D eigenvalue weighted by atomic mass is 9.97. The van der Waals surface area contributed by atoms with E-state index in [4.69, 9.17) is 4.98 Å². The van der Waals surface area contributed by atoms with Gasteiger partial charge < -0.3 is 9.47 Å². The molecule has 1 saturated heterocycles. The van der Waals surface area contributed by atoms with Gasteiger partial charge in [-0.15, -0.1) is 10.2 Å². The van der Waals surface area contributed by atoms with E-state index in [0.29, 0.717) is 11.6 Å². The quantitative estimate of drug-likeness (QED) is 0.718. The van der Waals surface area contributed by atoms with Crippen LogP contribution in [0, 0.1) is 0 Å². The van der Waals surface area contributed by atoms with Crippen molar-refractivity contribution in [2.75, 3.05) is 18.0 Å². The summed E-state index contributed by atoms with van der Waals surface area (Å²) in [6.45, 7) is 3.03. The van der Waals surface area contributed by atoms with Crippen molar-refractivity contribution in [3.05, 3.63) is 36.2 Å². The van der Waals surface area contributed by atoms with E-state index in [1.807, 2.05) is 12.1 Å². The van der Waals surface area contributed by atoms with E-state index in [1.54, 1.807) is 12.4 Å². The third-order valence-corrected chi connectivity index (χ3v) is 5.07. The molecular weight excluding hydrogens is 302 g/mol. The largest absolute Gasteiger partial charge is 0.356 e. The van der Waals surface area contributed by atoms with Crippen molar-refractivity contribution in [3.8, 4) is 0 Å². The van der Waals surface area contributed by atoms with E-state index in [9.17, 15) is 0 Å². The predicted molar refractivity (Wildman–Crippen MR) is 89.9 cm³/mol. The van der Waals surface area contributed by atoms with Crippen LogP contribution in [0.4, 0.5) is 5.82 Å². The average molecular weight is 321 g/mol. The van der Waals surface area contributed by atoms with Crippen molar-refractivity contribution in [2.45, 2.75) is 38.1 Å². The topological polar surface area (TPSA) is 72.6 Å². The van der Waals surface area contributed by atoms with Crippen LogP contribution in [0.5, 0.6) is 0 Å². The number of piperidine rings is 1. The Morgan fingerprint density at radius 2 is 1.96 bits per heavy atom. The number of aromatic nitrogens is 6. The molecule has 1 atom stereocenters. The van der Waals surface area contributed by atoms with Gasteiger partial charge in [0.15, 0.2) is 5.65 Å². The Hall–Kier alpha value is -2.57. The maximum Gasteiger partial charge on any atom is 0.180 e. The van der Waals surface area contributed by atoms with Crippen molar-refractivity contribution in [1.29, 1.82) is 0 Å². The van der Waals surface area contributed by atoms with Gasteiger partial charge >= 0.3 is 0 Å². The molecule has 5 rings (SSSR count). The maximum absolute atomic E-state index is 4.70. The van der Waals surface area contributed by atoms with Crippen molar-refractivity contribution >= 4 is 17.0 Å². The number of anilines is 1. The first-order valence-corrected chi connectivity index (χ1v) is 8.63. The molecule has 0 saturated carbocycles. The van der Waals surface area contributed by atoms with Gasteiger partial charge in [-0.25, -0.2) is 9.97 Å². The summed E-state index contributed by atoms with van der Waals surface area (Å²) >= 11 is 0. The molecule has 0 radical (unpaired) electrons. The lowest BCUT2D eigenvalue weighted by Gasteiger charge is -2.33. The SMILES string of the molecule is c1cnc2nc(N3CCCC(c4nnc5n4CCC5)C3)ccc2n1. The molecule has 2 aliphatic rings. The standard InChI is InChI=1S/C17H19N7/c1-3-12(17-22-21-15-4-2-10-24(15)17)11-23(9-1)14-6-5-13-16(20-14)19-8-7-18-13/h5-8,12H,1-4,9-11H2. The highest BCUT2D eigenvalue weighted by atomic mass is 15.3. The molecule has 7 heteroatoms. The maximum atomic E-state index is 4.70. The van der Waals surface area contributed by atoms with Gasteiger partial charge in [-0.1, -0.05) is 0 Å². The minimum atomic E-state index is 0.428. The van der Waals surface area contributed by atoms with Crippen LogP contribution in [0.2, 0.25) is 0 Å². The highest BCUT2D eigenvalue weighted by Gasteiger charge is 2.28. The molecule has 0 spiro atoms. The zero-order chi connectivity index (χ0) is 15.9. The molecule has 1 unspecified atom stereocenters. The summed E-state index contributed by atoms with van der Waals surface area (Å²) in [6.07, 6.45) is 7.96. The second kappa shape index (κ2) is 5.51. The van der Waals surface area contributed by atoms with Crippen molar-refractivity contribution in [2.24, 2.45) is 0 Å². The number of aryl methyl sites for hydroxylation is 1. The molecule has 0 aliphatic carbocycles. The van der Waals surface area contributed by atoms with Gasteiger partial charge in [0, 0.05) is 44.4 Å². The molecule has 7 nitrogen and oxygen atoms in total. The summed E-state index contributed by atoms with van der Waals surface area (Å²) in [5, 5.41) is 8.85. The fourth-order valence-corrected chi connectivity index (χ4v) is 3.89. The number of hydrogen-bond donors (Lipinski definition) is 0. The third kappa shape index (κ3) is 2.23. The van der Waals surface area contributed by atoms with E-state index in [-0.39, 0.29) is 0 Å². The number of rotatable bonds is 2. The number of fused-ring (bicyclic) bond motifs is 2. The molecule has 3 aromatic rings. The van der Waals surface area contributed by atoms with Crippen LogP contribution in [-0.4, -0.2) is 42.8 Å². The molecule has 0 bridgehead atoms. The van der Waals surface area contributed by atoms with E-state index in [2.05, 4.69) is 29.6 Å². The highest BCUT2D eigenvalue weighted by Crippen LogP contribution is 2.30. The van der Waals surface area contributed by atoms with Crippen LogP contribution in [0.3, 0.4) is 0 Å². The third-order valence-electron chi connectivity index (χ3n) is 5.07. The molecule has 0 amide bonds. The second-order valence-electron chi connectivity index (χ2n) is 6.58. The predicted octanol–water partition coefficient (Wildman–Crippen LogP) is 1.95. The number of nitrogens with zero attached hydrogens (tertiary/aromatic N) is 7. The second-order valence-corrected chi connectivity index (χ2v) is 6.58. The van der Waals surface area contributed by atoms with E-state index >= 15 is 0 Å².